The zero-order valence-electron chi connectivity index (χ0n) is 23.0. The number of nitrogens with one attached hydrogen (secondary N) is 1. The Labute approximate surface area is 261 Å². The molecule has 1 atom stereocenters. The summed E-state index contributed by atoms with van der Waals surface area (Å²) in [5.74, 6) is -0.702. The van der Waals surface area contributed by atoms with Crippen molar-refractivity contribution in [1.82, 2.24) is 10.2 Å². The second-order valence-electron chi connectivity index (χ2n) is 10.4. The predicted molar refractivity (Wildman–Crippen MR) is 172 cm³/mol. The Morgan fingerprint density at radius 3 is 2.17 bits per heavy atom. The lowest BCUT2D eigenvalue weighted by Crippen LogP contribution is -2.55. The summed E-state index contributed by atoms with van der Waals surface area (Å²) in [5.41, 5.74) is 2.08. The van der Waals surface area contributed by atoms with Gasteiger partial charge in [0, 0.05) is 27.6 Å². The van der Waals surface area contributed by atoms with Crippen LogP contribution < -0.4 is 9.62 Å². The van der Waals surface area contributed by atoms with Crippen LogP contribution in [0.25, 0.3) is 0 Å². The number of amides is 2. The third-order valence-electron chi connectivity index (χ3n) is 7.28. The Kier molecular flexibility index (Phi) is 11.1. The van der Waals surface area contributed by atoms with Crippen molar-refractivity contribution in [1.29, 1.82) is 0 Å². The van der Waals surface area contributed by atoms with Crippen molar-refractivity contribution in [2.75, 3.05) is 17.1 Å². The van der Waals surface area contributed by atoms with Crippen LogP contribution in [0.4, 0.5) is 5.69 Å². The van der Waals surface area contributed by atoms with E-state index >= 15 is 0 Å². The Hall–Kier alpha value is -2.63. The molecule has 41 heavy (non-hydrogen) atoms. The molecular weight excluding hydrogens is 673 g/mol. The molecule has 3 aromatic carbocycles. The first-order chi connectivity index (χ1) is 19.6. The normalized spacial score (nSPS) is 14.7. The maximum Gasteiger partial charge on any atom is 0.244 e. The van der Waals surface area contributed by atoms with Crippen molar-refractivity contribution in [2.45, 2.75) is 57.2 Å². The first-order valence-electron chi connectivity index (χ1n) is 13.7. The summed E-state index contributed by atoms with van der Waals surface area (Å²) in [4.78, 5) is 29.6. The molecule has 1 aliphatic carbocycles. The second-order valence-corrected chi connectivity index (χ2v) is 14.0. The summed E-state index contributed by atoms with van der Waals surface area (Å²) in [6.07, 6.45) is 6.45. The van der Waals surface area contributed by atoms with E-state index in [1.54, 1.807) is 36.4 Å². The SMILES string of the molecule is CS(=O)(=O)N(CC(=O)N(Cc1ccc(Cl)cc1)[C@H](Cc1ccccc1)C(=O)NC1CCCCC1)c1ccc(I)cc1. The van der Waals surface area contributed by atoms with Gasteiger partial charge in [0.15, 0.2) is 0 Å². The van der Waals surface area contributed by atoms with Gasteiger partial charge in [-0.1, -0.05) is 73.3 Å². The quantitative estimate of drug-likeness (QED) is 0.256. The molecule has 0 bridgehead atoms. The standard InChI is InChI=1S/C31H35ClIN3O4S/c1-41(39,40)36(28-18-16-26(33)17-19-28)22-30(37)35(21-24-12-14-25(32)15-13-24)29(20-23-8-4-2-5-9-23)31(38)34-27-10-6-3-7-11-27/h2,4-5,8-9,12-19,27,29H,3,6-7,10-11,20-22H2,1H3,(H,34,38)/t29-/m1/s1. The van der Waals surface area contributed by atoms with Gasteiger partial charge in [-0.2, -0.15) is 0 Å². The van der Waals surface area contributed by atoms with Crippen LogP contribution in [0.15, 0.2) is 78.9 Å². The molecule has 4 rings (SSSR count). The number of carbonyl (C=O) groups is 2. The number of rotatable bonds is 11. The monoisotopic (exact) mass is 707 g/mol. The average molecular weight is 708 g/mol. The van der Waals surface area contributed by atoms with Crippen LogP contribution >= 0.6 is 34.2 Å². The fourth-order valence-corrected chi connectivity index (χ4v) is 6.44. The van der Waals surface area contributed by atoms with E-state index in [2.05, 4.69) is 27.9 Å². The molecule has 0 heterocycles. The third-order valence-corrected chi connectivity index (χ3v) is 9.39. The van der Waals surface area contributed by atoms with Crippen LogP contribution in [0, 0.1) is 3.57 Å². The fourth-order valence-electron chi connectivity index (χ4n) is 5.11. The topological polar surface area (TPSA) is 86.8 Å². The molecule has 0 radical (unpaired) electrons. The minimum Gasteiger partial charge on any atom is -0.352 e. The van der Waals surface area contributed by atoms with E-state index in [9.17, 15) is 18.0 Å². The summed E-state index contributed by atoms with van der Waals surface area (Å²) >= 11 is 8.26. The highest BCUT2D eigenvalue weighted by atomic mass is 127. The molecule has 0 aliphatic heterocycles. The van der Waals surface area contributed by atoms with E-state index < -0.39 is 28.5 Å². The first-order valence-corrected chi connectivity index (χ1v) is 17.0. The number of sulfonamides is 1. The van der Waals surface area contributed by atoms with Crippen molar-refractivity contribution in [2.24, 2.45) is 0 Å². The van der Waals surface area contributed by atoms with E-state index in [4.69, 9.17) is 11.6 Å². The number of anilines is 1. The van der Waals surface area contributed by atoms with E-state index in [1.165, 1.54) is 4.90 Å². The molecule has 10 heteroatoms. The number of halogens is 2. The molecule has 0 unspecified atom stereocenters. The van der Waals surface area contributed by atoms with Gasteiger partial charge in [0.1, 0.15) is 12.6 Å². The van der Waals surface area contributed by atoms with E-state index in [1.807, 2.05) is 42.5 Å². The lowest BCUT2D eigenvalue weighted by molar-refractivity contribution is -0.140. The van der Waals surface area contributed by atoms with Crippen molar-refractivity contribution in [3.05, 3.63) is 98.6 Å². The summed E-state index contributed by atoms with van der Waals surface area (Å²) in [5, 5.41) is 3.76. The van der Waals surface area contributed by atoms with E-state index in [-0.39, 0.29) is 18.5 Å². The summed E-state index contributed by atoms with van der Waals surface area (Å²) in [6.45, 7) is -0.315. The molecule has 1 N–H and O–H groups in total. The zero-order valence-corrected chi connectivity index (χ0v) is 26.7. The van der Waals surface area contributed by atoms with Crippen LogP contribution in [-0.2, 0) is 32.6 Å². The average Bonchev–Trinajstić information content (AvgIpc) is 2.95. The van der Waals surface area contributed by atoms with Gasteiger partial charge in [0.05, 0.1) is 11.9 Å². The highest BCUT2D eigenvalue weighted by molar-refractivity contribution is 14.1. The van der Waals surface area contributed by atoms with Crippen molar-refractivity contribution < 1.29 is 18.0 Å². The summed E-state index contributed by atoms with van der Waals surface area (Å²) in [7, 11) is -3.80. The maximum absolute atomic E-state index is 14.2. The van der Waals surface area contributed by atoms with Gasteiger partial charge in [-0.05, 0) is 83.0 Å². The molecule has 2 amide bonds. The predicted octanol–water partition coefficient (Wildman–Crippen LogP) is 5.80. The maximum atomic E-state index is 14.2. The van der Waals surface area contributed by atoms with Crippen molar-refractivity contribution in [3.8, 4) is 0 Å². The van der Waals surface area contributed by atoms with E-state index in [0.717, 1.165) is 57.4 Å². The molecule has 1 fully saturated rings. The van der Waals surface area contributed by atoms with Crippen LogP contribution in [-0.4, -0.2) is 50.0 Å². The van der Waals surface area contributed by atoms with Gasteiger partial charge in [-0.15, -0.1) is 0 Å². The number of hydrogen-bond donors (Lipinski definition) is 1. The zero-order chi connectivity index (χ0) is 29.4. The van der Waals surface area contributed by atoms with Gasteiger partial charge >= 0.3 is 0 Å². The Bertz CT molecular complexity index is 1410. The highest BCUT2D eigenvalue weighted by Gasteiger charge is 2.34. The van der Waals surface area contributed by atoms with Crippen molar-refractivity contribution >= 4 is 61.7 Å². The second kappa shape index (κ2) is 14.5. The number of carbonyl (C=O) groups excluding carboxylic acids is 2. The number of nitrogens with zero attached hydrogens (tertiary/aromatic N) is 2. The Morgan fingerprint density at radius 2 is 1.56 bits per heavy atom. The molecule has 0 aromatic heterocycles. The van der Waals surface area contributed by atoms with Crippen LogP contribution in [0.3, 0.4) is 0 Å². The van der Waals surface area contributed by atoms with Crippen LogP contribution in [0.2, 0.25) is 5.02 Å². The largest absolute Gasteiger partial charge is 0.352 e. The van der Waals surface area contributed by atoms with E-state index in [0.29, 0.717) is 17.1 Å². The van der Waals surface area contributed by atoms with Crippen LogP contribution in [0.5, 0.6) is 0 Å². The Balaban J connectivity index is 1.71. The smallest absolute Gasteiger partial charge is 0.244 e. The van der Waals surface area contributed by atoms with Gasteiger partial charge < -0.3 is 10.2 Å². The molecule has 0 spiro atoms. The molecule has 7 nitrogen and oxygen atoms in total. The first kappa shape index (κ1) is 31.3. The molecular formula is C31H35ClIN3O4S. The van der Waals surface area contributed by atoms with Gasteiger partial charge in [0.25, 0.3) is 0 Å². The molecule has 218 valence electrons. The third kappa shape index (κ3) is 9.18. The van der Waals surface area contributed by atoms with Crippen molar-refractivity contribution in [3.63, 3.8) is 0 Å². The number of hydrogen-bond acceptors (Lipinski definition) is 4. The molecule has 1 saturated carbocycles. The molecule has 1 aliphatic rings. The van der Waals surface area contributed by atoms with Gasteiger partial charge in [-0.3, -0.25) is 13.9 Å². The highest BCUT2D eigenvalue weighted by Crippen LogP contribution is 2.23. The molecule has 0 saturated heterocycles. The lowest BCUT2D eigenvalue weighted by atomic mass is 9.94. The summed E-state index contributed by atoms with van der Waals surface area (Å²) < 4.78 is 27.8. The molecule has 3 aromatic rings. The Morgan fingerprint density at radius 1 is 0.927 bits per heavy atom. The number of benzene rings is 3. The minimum absolute atomic E-state index is 0.0568. The minimum atomic E-state index is -3.80. The summed E-state index contributed by atoms with van der Waals surface area (Å²) in [6, 6.07) is 22.8. The van der Waals surface area contributed by atoms with Gasteiger partial charge in [0.2, 0.25) is 21.8 Å². The van der Waals surface area contributed by atoms with Gasteiger partial charge in [-0.25, -0.2) is 8.42 Å². The fraction of sp³-hybridized carbons (Fsp3) is 0.355. The lowest BCUT2D eigenvalue weighted by Gasteiger charge is -2.35. The van der Waals surface area contributed by atoms with Crippen LogP contribution in [0.1, 0.15) is 43.2 Å².